The number of hydrogen-bond donors (Lipinski definition) is 3. The quantitative estimate of drug-likeness (QED) is 0.0223. The lowest BCUT2D eigenvalue weighted by molar-refractivity contribution is -0.377. The van der Waals surface area contributed by atoms with Crippen LogP contribution >= 0.6 is 0 Å². The van der Waals surface area contributed by atoms with Crippen LogP contribution in [0.1, 0.15) is 638 Å². The highest BCUT2D eigenvalue weighted by atomic mass is 16.8. The van der Waals surface area contributed by atoms with Gasteiger partial charge >= 0.3 is 29.8 Å². The first-order chi connectivity index (χ1) is 71.2. The molecule has 18 atom stereocenters. The van der Waals surface area contributed by atoms with E-state index in [2.05, 4.69) is 90.0 Å². The number of rotatable bonds is 102. The van der Waals surface area contributed by atoms with Gasteiger partial charge in [-0.15, -0.1) is 0 Å². The zero-order valence-corrected chi connectivity index (χ0v) is 99.5. The first-order valence-corrected chi connectivity index (χ1v) is 63.9. The van der Waals surface area contributed by atoms with Gasteiger partial charge in [0.1, 0.15) is 31.0 Å². The third-order valence-electron chi connectivity index (χ3n) is 32.0. The standard InChI is InChI=1S/C131H242O16/c1-18-23-28-33-38-43-48-53-57-58-59-64-68-73-78-81-86-91-106(7)96-110(11)100-114(15)127(137)144-122-117(103-132)141-130(124(121(122)135)146-129(139)116(17)102-112(13)98-108(9)93-88-83-77-72-67-63-56-51-46-41-36-31-26-21-4)147-131-125(143-119(133)94-89-84-79-74-69-60-52-47-42-37-32-27-22-5)123(145-128(138)115(16)101-111(12)97-107(8)92-87-82-76-71-66-62-55-50-45-40-35-30-25-20-3)120(134)118(142-131)104-140-126(136)113(14)99-109(10)95-105(6)90-85-80-75-70-65-61-54-49-44-39-34-29-24-19-2/h99-102,105-112,117-118,120-125,130-132,134-135H,18-98,103-104H2,1-17H3/b113-99+,114-100+,115-101+,116-102+/t105-,106-,107-,108-,109-,110-,111-,112-,117?,118?,120+,121?,122+,123?,124-,125+,130+,131+/m0/s1. The maximum absolute atomic E-state index is 15.1. The molecule has 2 aliphatic heterocycles. The lowest BCUT2D eigenvalue weighted by Crippen LogP contribution is -2.66. The highest BCUT2D eigenvalue weighted by molar-refractivity contribution is 5.89. The van der Waals surface area contributed by atoms with E-state index in [1.54, 1.807) is 27.7 Å². The molecule has 0 aliphatic carbocycles. The van der Waals surface area contributed by atoms with Gasteiger partial charge in [-0.1, -0.05) is 596 Å². The van der Waals surface area contributed by atoms with Gasteiger partial charge in [-0.2, -0.15) is 0 Å². The van der Waals surface area contributed by atoms with Crippen LogP contribution in [0.25, 0.3) is 0 Å². The van der Waals surface area contributed by atoms with Crippen molar-refractivity contribution in [2.24, 2.45) is 47.3 Å². The minimum Gasteiger partial charge on any atom is -0.459 e. The highest BCUT2D eigenvalue weighted by Gasteiger charge is 2.56. The Balaban J connectivity index is 2.70. The minimum absolute atomic E-state index is 0.00163. The third kappa shape index (κ3) is 74.8. The fourth-order valence-electron chi connectivity index (χ4n) is 22.9. The van der Waals surface area contributed by atoms with Crippen LogP contribution in [0.5, 0.6) is 0 Å². The molecule has 2 aliphatic rings. The average Bonchev–Trinajstić information content (AvgIpc) is 0.769. The van der Waals surface area contributed by atoms with Crippen LogP contribution in [-0.2, 0) is 61.9 Å². The number of allylic oxidation sites excluding steroid dienone is 4. The van der Waals surface area contributed by atoms with Crippen molar-refractivity contribution >= 4 is 29.8 Å². The minimum atomic E-state index is -1.92. The number of unbranched alkanes of at least 4 members (excludes halogenated alkanes) is 67. The number of aliphatic hydroxyl groups excluding tert-OH is 3. The van der Waals surface area contributed by atoms with Crippen molar-refractivity contribution < 1.29 is 77.2 Å². The Kier molecular flexibility index (Phi) is 90.4. The van der Waals surface area contributed by atoms with Gasteiger partial charge in [-0.3, -0.25) is 4.79 Å². The fourth-order valence-corrected chi connectivity index (χ4v) is 22.9. The molecule has 0 aromatic heterocycles. The van der Waals surface area contributed by atoms with Crippen molar-refractivity contribution in [3.05, 3.63) is 46.6 Å². The zero-order chi connectivity index (χ0) is 108. The summed E-state index contributed by atoms with van der Waals surface area (Å²) in [5.41, 5.74) is 1.18. The molecule has 0 aromatic rings. The molecule has 147 heavy (non-hydrogen) atoms. The highest BCUT2D eigenvalue weighted by Crippen LogP contribution is 2.37. The van der Waals surface area contributed by atoms with E-state index in [0.717, 1.165) is 103 Å². The Hall–Kier alpha value is -3.93. The Morgan fingerprint density at radius 1 is 0.252 bits per heavy atom. The van der Waals surface area contributed by atoms with E-state index in [-0.39, 0.29) is 41.2 Å². The molecular formula is C131H242O16. The molecule has 862 valence electrons. The molecular weight excluding hydrogens is 1830 g/mol. The summed E-state index contributed by atoms with van der Waals surface area (Å²) in [7, 11) is 0. The summed E-state index contributed by atoms with van der Waals surface area (Å²) in [5, 5.41) is 37.5. The second kappa shape index (κ2) is 95.5. The number of carbonyl (C=O) groups excluding carboxylic acids is 5. The second-order valence-corrected chi connectivity index (χ2v) is 47.8. The van der Waals surface area contributed by atoms with E-state index < -0.39 is 104 Å². The van der Waals surface area contributed by atoms with Crippen LogP contribution in [0.4, 0.5) is 0 Å². The summed E-state index contributed by atoms with van der Waals surface area (Å²) in [5.74, 6) is -2.17. The molecule has 0 aromatic carbocycles. The summed E-state index contributed by atoms with van der Waals surface area (Å²) in [6, 6.07) is 0. The fraction of sp³-hybridized carbons (Fsp3) is 0.901. The lowest BCUT2D eigenvalue weighted by atomic mass is 9.91. The normalized spacial score (nSPS) is 20.2. The van der Waals surface area contributed by atoms with Crippen molar-refractivity contribution in [1.29, 1.82) is 0 Å². The number of ether oxygens (including phenoxy) is 8. The molecule has 16 heteroatoms. The molecule has 0 radical (unpaired) electrons. The first-order valence-electron chi connectivity index (χ1n) is 63.9. The van der Waals surface area contributed by atoms with Crippen molar-refractivity contribution in [1.82, 2.24) is 0 Å². The number of hydrogen-bond acceptors (Lipinski definition) is 16. The first kappa shape index (κ1) is 139. The van der Waals surface area contributed by atoms with Crippen LogP contribution < -0.4 is 0 Å². The van der Waals surface area contributed by atoms with Gasteiger partial charge in [0.15, 0.2) is 24.4 Å². The summed E-state index contributed by atoms with van der Waals surface area (Å²) >= 11 is 0. The van der Waals surface area contributed by atoms with Crippen LogP contribution in [0.15, 0.2) is 46.6 Å². The molecule has 2 fully saturated rings. The van der Waals surface area contributed by atoms with Crippen LogP contribution in [0.3, 0.4) is 0 Å². The van der Waals surface area contributed by atoms with Gasteiger partial charge in [0.05, 0.1) is 6.61 Å². The van der Waals surface area contributed by atoms with Crippen molar-refractivity contribution in [3.8, 4) is 0 Å². The maximum atomic E-state index is 15.1. The monoisotopic (exact) mass is 2070 g/mol. The van der Waals surface area contributed by atoms with E-state index in [1.165, 1.54) is 405 Å². The largest absolute Gasteiger partial charge is 0.459 e. The predicted octanol–water partition coefficient (Wildman–Crippen LogP) is 37.9. The van der Waals surface area contributed by atoms with Gasteiger partial charge in [0.25, 0.3) is 0 Å². The molecule has 3 N–H and O–H groups in total. The van der Waals surface area contributed by atoms with E-state index in [0.29, 0.717) is 41.2 Å². The van der Waals surface area contributed by atoms with Gasteiger partial charge in [-0.05, 0) is 107 Å². The third-order valence-corrected chi connectivity index (χ3v) is 32.0. The molecule has 2 saturated heterocycles. The van der Waals surface area contributed by atoms with Gasteiger partial charge in [0.2, 0.25) is 12.6 Å². The molecule has 4 unspecified atom stereocenters. The summed E-state index contributed by atoms with van der Waals surface area (Å²) in [6.45, 7) is 34.2. The average molecular weight is 2070 g/mol. The SMILES string of the molecule is CCCCCCCCCCCCCCCCCCC[C@H](C)C[C@H](C)/C=C(\C)C(=O)O[C@@H]1C(CO)O[C@H](O[C@H]2OC(COC(=O)/C(C)=C/[C@@H](C)C[C@@H](C)CCCCCCCCCCCCCCCC)[C@@H](O)C(OC(=O)/C(C)=C/[C@@H](C)C[C@@H](C)CCCCCCCCCCCCCCCC)[C@H]2OC(=O)CCCCCCCCCCCCCCC)[C@@H](OC(=O)/C(C)=C/[C@@H](C)C[C@@H](C)CCCCCCCCCCCCCCCC)C1O. The summed E-state index contributed by atoms with van der Waals surface area (Å²) in [4.78, 5) is 74.1. The predicted molar refractivity (Wildman–Crippen MR) is 619 cm³/mol. The molecule has 16 nitrogen and oxygen atoms in total. The van der Waals surface area contributed by atoms with Crippen molar-refractivity contribution in [3.63, 3.8) is 0 Å². The number of carbonyl (C=O) groups is 5. The summed E-state index contributed by atoms with van der Waals surface area (Å²) < 4.78 is 52.2. The Labute approximate surface area is 908 Å². The Morgan fingerprint density at radius 2 is 0.463 bits per heavy atom. The van der Waals surface area contributed by atoms with E-state index in [1.807, 2.05) is 24.3 Å². The zero-order valence-electron chi connectivity index (χ0n) is 99.5. The van der Waals surface area contributed by atoms with Gasteiger partial charge in [0, 0.05) is 28.7 Å². The number of esters is 5. The topological polar surface area (TPSA) is 220 Å². The molecule has 0 bridgehead atoms. The smallest absolute Gasteiger partial charge is 0.333 e. The maximum Gasteiger partial charge on any atom is 0.333 e. The molecule has 2 rings (SSSR count). The van der Waals surface area contributed by atoms with Gasteiger partial charge < -0.3 is 53.2 Å². The molecule has 0 spiro atoms. The second-order valence-electron chi connectivity index (χ2n) is 47.8. The van der Waals surface area contributed by atoms with Crippen LogP contribution in [-0.4, -0.2) is 120 Å². The van der Waals surface area contributed by atoms with E-state index in [4.69, 9.17) is 37.9 Å². The summed E-state index contributed by atoms with van der Waals surface area (Å²) in [6.07, 6.45) is 89.5. The van der Waals surface area contributed by atoms with E-state index >= 15 is 9.59 Å². The Morgan fingerprint density at radius 3 is 0.714 bits per heavy atom. The lowest BCUT2D eigenvalue weighted by Gasteiger charge is -2.47. The van der Waals surface area contributed by atoms with E-state index in [9.17, 15) is 29.7 Å². The van der Waals surface area contributed by atoms with Crippen molar-refractivity contribution in [2.45, 2.75) is 699 Å². The number of aliphatic hydroxyl groups is 3. The van der Waals surface area contributed by atoms with Gasteiger partial charge in [-0.25, -0.2) is 19.2 Å². The Bertz CT molecular complexity index is 3210. The van der Waals surface area contributed by atoms with Crippen molar-refractivity contribution in [2.75, 3.05) is 13.2 Å². The van der Waals surface area contributed by atoms with Crippen LogP contribution in [0, 0.1) is 47.3 Å². The van der Waals surface area contributed by atoms with Crippen LogP contribution in [0.2, 0.25) is 0 Å². The molecule has 0 saturated carbocycles. The molecule has 2 heterocycles. The molecule has 0 amide bonds.